The van der Waals surface area contributed by atoms with Gasteiger partial charge in [-0.05, 0) is 32.0 Å². The van der Waals surface area contributed by atoms with Crippen LogP contribution in [0.25, 0.3) is 0 Å². The molecule has 1 aliphatic carbocycles. The first-order chi connectivity index (χ1) is 10.1. The molecule has 1 saturated carbocycles. The normalized spacial score (nSPS) is 32.9. The topological polar surface area (TPSA) is 68.5 Å². The van der Waals surface area contributed by atoms with Gasteiger partial charge in [0.25, 0.3) is 0 Å². The summed E-state index contributed by atoms with van der Waals surface area (Å²) in [6, 6.07) is 3.49. The molecule has 0 aromatic carbocycles. The van der Waals surface area contributed by atoms with Gasteiger partial charge in [-0.25, -0.2) is 0 Å². The number of methoxy groups -OCH3 is 1. The van der Waals surface area contributed by atoms with Crippen molar-refractivity contribution >= 4 is 5.91 Å². The van der Waals surface area contributed by atoms with Crippen LogP contribution in [0.1, 0.15) is 35.3 Å². The maximum Gasteiger partial charge on any atom is 0.248 e. The number of rotatable bonds is 3. The molecule has 1 unspecified atom stereocenters. The standard InChI is InChI=1S/C16H23N3O2/c1-19-9-12-4-3-5-13(10-19)16(12,21-2)14-8-11(15(17)20)6-7-18-14/h6-8,12-13H,3-5,9-10H2,1-2H3,(H2,17,20)/t12-,13+,16?. The zero-order valence-electron chi connectivity index (χ0n) is 12.7. The first-order valence-corrected chi connectivity index (χ1v) is 7.58. The van der Waals surface area contributed by atoms with Crippen LogP contribution in [0.4, 0.5) is 0 Å². The number of amides is 1. The largest absolute Gasteiger partial charge is 0.371 e. The van der Waals surface area contributed by atoms with E-state index in [0.717, 1.165) is 31.6 Å². The smallest absolute Gasteiger partial charge is 0.248 e. The number of piperidine rings is 1. The van der Waals surface area contributed by atoms with Crippen LogP contribution in [0.15, 0.2) is 18.3 Å². The van der Waals surface area contributed by atoms with Crippen molar-refractivity contribution in [2.45, 2.75) is 24.9 Å². The number of nitrogens with zero attached hydrogens (tertiary/aromatic N) is 2. The fourth-order valence-electron chi connectivity index (χ4n) is 4.31. The fourth-order valence-corrected chi connectivity index (χ4v) is 4.31. The zero-order chi connectivity index (χ0) is 15.0. The number of carbonyl (C=O) groups excluding carboxylic acids is 1. The van der Waals surface area contributed by atoms with E-state index in [1.807, 2.05) is 6.07 Å². The highest BCUT2D eigenvalue weighted by Gasteiger charge is 2.53. The van der Waals surface area contributed by atoms with E-state index in [1.165, 1.54) is 6.42 Å². The highest BCUT2D eigenvalue weighted by atomic mass is 16.5. The molecule has 3 rings (SSSR count). The Kier molecular flexibility index (Phi) is 3.71. The molecule has 2 heterocycles. The fraction of sp³-hybridized carbons (Fsp3) is 0.625. The summed E-state index contributed by atoms with van der Waals surface area (Å²) in [6.07, 6.45) is 5.18. The van der Waals surface area contributed by atoms with Crippen LogP contribution in [0, 0.1) is 11.8 Å². The predicted octanol–water partition coefficient (Wildman–Crippen LogP) is 1.38. The summed E-state index contributed by atoms with van der Waals surface area (Å²) in [5, 5.41) is 0. The molecule has 5 heteroatoms. The van der Waals surface area contributed by atoms with Crippen molar-refractivity contribution in [3.05, 3.63) is 29.6 Å². The van der Waals surface area contributed by atoms with Crippen molar-refractivity contribution in [2.24, 2.45) is 17.6 Å². The second-order valence-corrected chi connectivity index (χ2v) is 6.34. The van der Waals surface area contributed by atoms with E-state index in [9.17, 15) is 4.79 Å². The van der Waals surface area contributed by atoms with E-state index in [0.29, 0.717) is 17.4 Å². The lowest BCUT2D eigenvalue weighted by atomic mass is 9.63. The van der Waals surface area contributed by atoms with Crippen molar-refractivity contribution < 1.29 is 9.53 Å². The summed E-state index contributed by atoms with van der Waals surface area (Å²) in [5.41, 5.74) is 6.41. The lowest BCUT2D eigenvalue weighted by Crippen LogP contribution is -2.58. The first kappa shape index (κ1) is 14.5. The third-order valence-electron chi connectivity index (χ3n) is 5.16. The summed E-state index contributed by atoms with van der Waals surface area (Å²) in [4.78, 5) is 18.4. The predicted molar refractivity (Wildman–Crippen MR) is 79.8 cm³/mol. The number of hydrogen-bond acceptors (Lipinski definition) is 4. The van der Waals surface area contributed by atoms with Crippen molar-refractivity contribution in [3.8, 4) is 0 Å². The van der Waals surface area contributed by atoms with Crippen LogP contribution in [-0.2, 0) is 10.3 Å². The summed E-state index contributed by atoms with van der Waals surface area (Å²) in [7, 11) is 3.94. The lowest BCUT2D eigenvalue weighted by Gasteiger charge is -2.54. The number of nitrogens with two attached hydrogens (primary N) is 1. The number of ether oxygens (including phenoxy) is 1. The third-order valence-corrected chi connectivity index (χ3v) is 5.16. The molecule has 114 valence electrons. The molecule has 1 amide bonds. The van der Waals surface area contributed by atoms with Crippen LogP contribution < -0.4 is 5.73 Å². The molecule has 5 nitrogen and oxygen atoms in total. The minimum absolute atomic E-state index is 0.379. The summed E-state index contributed by atoms with van der Waals surface area (Å²) < 4.78 is 6.07. The van der Waals surface area contributed by atoms with E-state index in [2.05, 4.69) is 16.9 Å². The molecule has 2 fully saturated rings. The Morgan fingerprint density at radius 3 is 2.67 bits per heavy atom. The van der Waals surface area contributed by atoms with Gasteiger partial charge in [-0.3, -0.25) is 9.78 Å². The highest BCUT2D eigenvalue weighted by Crippen LogP contribution is 2.50. The first-order valence-electron chi connectivity index (χ1n) is 7.58. The molecule has 1 saturated heterocycles. The molecule has 21 heavy (non-hydrogen) atoms. The number of aromatic nitrogens is 1. The lowest BCUT2D eigenvalue weighted by molar-refractivity contribution is -0.168. The Hall–Kier alpha value is -1.46. The van der Waals surface area contributed by atoms with E-state index < -0.39 is 5.91 Å². The van der Waals surface area contributed by atoms with Gasteiger partial charge in [0.1, 0.15) is 5.60 Å². The number of pyridine rings is 1. The number of primary amides is 1. The molecule has 2 bridgehead atoms. The monoisotopic (exact) mass is 289 g/mol. The Bertz CT molecular complexity index is 532. The van der Waals surface area contributed by atoms with Crippen LogP contribution in [0.5, 0.6) is 0 Å². The SMILES string of the molecule is COC1(c2cc(C(N)=O)ccn2)[C@@H]2CCC[C@H]1CN(C)C2. The van der Waals surface area contributed by atoms with Crippen molar-refractivity contribution in [1.29, 1.82) is 0 Å². The number of carbonyl (C=O) groups is 1. The molecular weight excluding hydrogens is 266 g/mol. The summed E-state index contributed by atoms with van der Waals surface area (Å²) in [5.74, 6) is 0.411. The Morgan fingerprint density at radius 2 is 2.10 bits per heavy atom. The van der Waals surface area contributed by atoms with Gasteiger partial charge in [-0.15, -0.1) is 0 Å². The average Bonchev–Trinajstić information content (AvgIpc) is 2.46. The summed E-state index contributed by atoms with van der Waals surface area (Å²) in [6.45, 7) is 2.01. The van der Waals surface area contributed by atoms with Gasteiger partial charge < -0.3 is 15.4 Å². The van der Waals surface area contributed by atoms with Gasteiger partial charge in [0.15, 0.2) is 0 Å². The Balaban J connectivity index is 2.07. The maximum absolute atomic E-state index is 11.5. The van der Waals surface area contributed by atoms with Crippen LogP contribution in [0.3, 0.4) is 0 Å². The van der Waals surface area contributed by atoms with Gasteiger partial charge >= 0.3 is 0 Å². The van der Waals surface area contributed by atoms with Crippen LogP contribution >= 0.6 is 0 Å². The quantitative estimate of drug-likeness (QED) is 0.913. The minimum Gasteiger partial charge on any atom is -0.371 e. The molecule has 1 aromatic rings. The van der Waals surface area contributed by atoms with Gasteiger partial charge in [0.2, 0.25) is 5.91 Å². The van der Waals surface area contributed by atoms with Crippen molar-refractivity contribution in [3.63, 3.8) is 0 Å². The van der Waals surface area contributed by atoms with Gasteiger partial charge in [-0.2, -0.15) is 0 Å². The molecule has 2 N–H and O–H groups in total. The van der Waals surface area contributed by atoms with Gasteiger partial charge in [-0.1, -0.05) is 6.42 Å². The van der Waals surface area contributed by atoms with E-state index in [4.69, 9.17) is 10.5 Å². The second kappa shape index (κ2) is 5.39. The third kappa shape index (κ3) is 2.24. The van der Waals surface area contributed by atoms with Crippen LogP contribution in [0.2, 0.25) is 0 Å². The van der Waals surface area contributed by atoms with Crippen molar-refractivity contribution in [1.82, 2.24) is 9.88 Å². The average molecular weight is 289 g/mol. The maximum atomic E-state index is 11.5. The van der Waals surface area contributed by atoms with E-state index in [-0.39, 0.29) is 5.60 Å². The molecular formula is C16H23N3O2. The van der Waals surface area contributed by atoms with Gasteiger partial charge in [0.05, 0.1) is 5.69 Å². The molecule has 0 radical (unpaired) electrons. The second-order valence-electron chi connectivity index (χ2n) is 6.34. The molecule has 0 spiro atoms. The Morgan fingerprint density at radius 1 is 1.43 bits per heavy atom. The van der Waals surface area contributed by atoms with Crippen LogP contribution in [-0.4, -0.2) is 43.0 Å². The van der Waals surface area contributed by atoms with Gasteiger partial charge in [0, 0.05) is 43.8 Å². The number of likely N-dealkylation sites (tertiary alicyclic amines) is 1. The summed E-state index contributed by atoms with van der Waals surface area (Å²) >= 11 is 0. The number of hydrogen-bond donors (Lipinski definition) is 1. The molecule has 1 aromatic heterocycles. The van der Waals surface area contributed by atoms with E-state index in [1.54, 1.807) is 19.4 Å². The van der Waals surface area contributed by atoms with E-state index >= 15 is 0 Å². The zero-order valence-corrected chi connectivity index (χ0v) is 12.7. The van der Waals surface area contributed by atoms with Crippen molar-refractivity contribution in [2.75, 3.05) is 27.2 Å². The number of fused-ring (bicyclic) bond motifs is 2. The molecule has 2 aliphatic rings. The highest BCUT2D eigenvalue weighted by molar-refractivity contribution is 5.92. The Labute approximate surface area is 125 Å². The minimum atomic E-state index is -0.414. The molecule has 1 aliphatic heterocycles. The molecule has 3 atom stereocenters.